The number of amides is 3. The fourth-order valence-electron chi connectivity index (χ4n) is 4.23. The lowest BCUT2D eigenvalue weighted by atomic mass is 10.1. The molecule has 0 spiro atoms. The fourth-order valence-corrected chi connectivity index (χ4v) is 4.23. The number of nitrogens with one attached hydrogen (secondary N) is 4. The Morgan fingerprint density at radius 3 is 2.41 bits per heavy atom. The van der Waals surface area contributed by atoms with Crippen LogP contribution in [0.5, 0.6) is 5.75 Å². The molecule has 2 fully saturated rings. The quantitative estimate of drug-likeness (QED) is 0.160. The molecule has 5 rings (SSSR count). The lowest BCUT2D eigenvalue weighted by molar-refractivity contribution is -0.323. The molecule has 2 heterocycles. The molecule has 7 N–H and O–H groups in total. The van der Waals surface area contributed by atoms with Crippen LogP contribution in [-0.2, 0) is 15.1 Å². The number of ether oxygens (including phenoxy) is 2. The van der Waals surface area contributed by atoms with Gasteiger partial charge in [-0.3, -0.25) is 14.9 Å². The molecule has 17 heteroatoms. The van der Waals surface area contributed by atoms with E-state index in [1.54, 1.807) is 44.3 Å². The summed E-state index contributed by atoms with van der Waals surface area (Å²) < 4.78 is 16.5. The summed E-state index contributed by atoms with van der Waals surface area (Å²) in [7, 11) is 1.39. The minimum absolute atomic E-state index is 0.0214. The average Bonchev–Trinajstić information content (AvgIpc) is 3.85. The third-order valence-corrected chi connectivity index (χ3v) is 6.55. The molecule has 0 bridgehead atoms. The number of carbonyl (C=O) groups is 3. The predicted octanol–water partition coefficient (Wildman–Crippen LogP) is 1.46. The van der Waals surface area contributed by atoms with E-state index in [1.165, 1.54) is 13.2 Å². The zero-order valence-electron chi connectivity index (χ0n) is 24.3. The number of para-hydroxylation sites is 1. The molecule has 3 aromatic rings. The molecule has 1 aromatic carbocycles. The molecule has 0 saturated heterocycles. The summed E-state index contributed by atoms with van der Waals surface area (Å²) in [5.41, 5.74) is -1.36. The highest BCUT2D eigenvalue weighted by Gasteiger charge is 2.51. The van der Waals surface area contributed by atoms with Crippen molar-refractivity contribution >= 4 is 35.1 Å². The van der Waals surface area contributed by atoms with Gasteiger partial charge < -0.3 is 45.3 Å². The lowest BCUT2D eigenvalue weighted by Gasteiger charge is -2.22. The summed E-state index contributed by atoms with van der Waals surface area (Å²) >= 11 is 0. The summed E-state index contributed by atoms with van der Waals surface area (Å²) in [5, 5.41) is 49.5. The highest BCUT2D eigenvalue weighted by Crippen LogP contribution is 2.46. The van der Waals surface area contributed by atoms with E-state index in [4.69, 9.17) is 14.0 Å². The summed E-state index contributed by atoms with van der Waals surface area (Å²) in [4.78, 5) is 41.9. The smallest absolute Gasteiger partial charge is 0.408 e. The molecule has 44 heavy (non-hydrogen) atoms. The van der Waals surface area contributed by atoms with Crippen molar-refractivity contribution in [2.45, 2.75) is 63.7 Å². The van der Waals surface area contributed by atoms with Crippen LogP contribution in [0.15, 0.2) is 28.8 Å². The molecule has 0 aliphatic heterocycles. The second-order valence-electron chi connectivity index (χ2n) is 11.5. The number of rotatable bonds is 10. The van der Waals surface area contributed by atoms with Gasteiger partial charge in [-0.25, -0.2) is 4.79 Å². The Morgan fingerprint density at radius 2 is 1.80 bits per heavy atom. The van der Waals surface area contributed by atoms with Crippen molar-refractivity contribution in [2.75, 3.05) is 17.7 Å². The van der Waals surface area contributed by atoms with Gasteiger partial charge in [0.15, 0.2) is 23.1 Å². The number of hydrogen-bond acceptors (Lipinski definition) is 14. The number of benzene rings is 1. The number of alkyl carbamates (subject to hydrolysis) is 1. The number of aromatic nitrogens is 4. The van der Waals surface area contributed by atoms with Crippen LogP contribution in [0.1, 0.15) is 62.8 Å². The van der Waals surface area contributed by atoms with Gasteiger partial charge in [0, 0.05) is 12.0 Å². The second-order valence-corrected chi connectivity index (χ2v) is 11.5. The molecule has 2 aliphatic rings. The predicted molar refractivity (Wildman–Crippen MR) is 150 cm³/mol. The zero-order valence-corrected chi connectivity index (χ0v) is 24.3. The third-order valence-electron chi connectivity index (χ3n) is 6.55. The van der Waals surface area contributed by atoms with Crippen LogP contribution in [0.2, 0.25) is 0 Å². The van der Waals surface area contributed by atoms with Crippen LogP contribution in [0, 0.1) is 5.92 Å². The van der Waals surface area contributed by atoms with Crippen LogP contribution >= 0.6 is 0 Å². The lowest BCUT2D eigenvalue weighted by Crippen LogP contribution is -2.48. The topological polar surface area (TPSA) is 243 Å². The van der Waals surface area contributed by atoms with E-state index in [9.17, 15) is 29.7 Å². The van der Waals surface area contributed by atoms with Crippen LogP contribution in [0.25, 0.3) is 11.5 Å². The maximum absolute atomic E-state index is 12.7. The molecular formula is C27H32N8O9. The summed E-state index contributed by atoms with van der Waals surface area (Å²) in [6, 6.07) is 6.21. The number of anilines is 3. The number of carbonyl (C=O) groups excluding carboxylic acids is 3. The summed E-state index contributed by atoms with van der Waals surface area (Å²) in [6.45, 7) is 5.27. The Morgan fingerprint density at radius 1 is 1.07 bits per heavy atom. The van der Waals surface area contributed by atoms with Crippen molar-refractivity contribution in [3.63, 3.8) is 0 Å². The number of aliphatic hydroxyl groups is 3. The van der Waals surface area contributed by atoms with E-state index >= 15 is 0 Å². The van der Waals surface area contributed by atoms with Gasteiger partial charge in [0.25, 0.3) is 11.8 Å². The largest absolute Gasteiger partial charge is 0.494 e. The molecule has 234 valence electrons. The van der Waals surface area contributed by atoms with Crippen molar-refractivity contribution in [2.24, 2.45) is 5.92 Å². The number of nitrogens with zero attached hydrogens (tertiary/aromatic N) is 4. The van der Waals surface area contributed by atoms with Gasteiger partial charge in [-0.15, -0.1) is 10.2 Å². The standard InChI is InChI=1S/C27H32N8O9/c1-25(2,3)43-24(38)32-26(10-11-26)23-30-22(44-35-23)14-6-5-7-15(19(14)42-4)28-16-12-17(29-20(36)13-8-9-13)33-34-18(16)21(37)31-27(39,40)41/h5-7,12-13,39-41H,8-11H2,1-4H3,(H,31,37)(H,32,38)(H2,28,29,33,36). The van der Waals surface area contributed by atoms with Gasteiger partial charge in [-0.05, 0) is 58.6 Å². The molecule has 17 nitrogen and oxygen atoms in total. The maximum Gasteiger partial charge on any atom is 0.408 e. The van der Waals surface area contributed by atoms with E-state index in [2.05, 4.69) is 36.3 Å². The molecule has 0 atom stereocenters. The zero-order chi connectivity index (χ0) is 31.9. The van der Waals surface area contributed by atoms with Crippen molar-refractivity contribution in [3.8, 4) is 17.2 Å². The molecule has 0 unspecified atom stereocenters. The highest BCUT2D eigenvalue weighted by molar-refractivity contribution is 6.00. The molecular weight excluding hydrogens is 580 g/mol. The van der Waals surface area contributed by atoms with E-state index in [-0.39, 0.29) is 46.5 Å². The Hall–Kier alpha value is -4.87. The van der Waals surface area contributed by atoms with Crippen molar-refractivity contribution in [1.29, 1.82) is 0 Å². The molecule has 2 aromatic heterocycles. The first kappa shape index (κ1) is 30.6. The van der Waals surface area contributed by atoms with Crippen LogP contribution in [0.3, 0.4) is 0 Å². The molecule has 3 amide bonds. The van der Waals surface area contributed by atoms with Crippen molar-refractivity contribution < 1.29 is 43.7 Å². The van der Waals surface area contributed by atoms with Gasteiger partial charge in [-0.1, -0.05) is 11.2 Å². The molecule has 0 radical (unpaired) electrons. The van der Waals surface area contributed by atoms with Gasteiger partial charge in [0.1, 0.15) is 11.1 Å². The average molecular weight is 613 g/mol. The van der Waals surface area contributed by atoms with Gasteiger partial charge in [-0.2, -0.15) is 4.98 Å². The highest BCUT2D eigenvalue weighted by atomic mass is 16.7. The van der Waals surface area contributed by atoms with E-state index in [0.29, 0.717) is 18.4 Å². The van der Waals surface area contributed by atoms with Gasteiger partial charge in [0.2, 0.25) is 5.91 Å². The monoisotopic (exact) mass is 612 g/mol. The fraction of sp³-hybridized carbons (Fsp3) is 0.444. The van der Waals surface area contributed by atoms with Crippen LogP contribution in [0.4, 0.5) is 22.0 Å². The van der Waals surface area contributed by atoms with Crippen LogP contribution in [-0.4, -0.2) is 72.4 Å². The third kappa shape index (κ3) is 7.19. The maximum atomic E-state index is 12.7. The SMILES string of the molecule is COc1c(Nc2cc(NC(=O)C3CC3)nnc2C(=O)NC(O)(O)O)cccc1-c1nc(C2(NC(=O)OC(C)(C)C)CC2)no1. The van der Waals surface area contributed by atoms with E-state index in [1.807, 2.05) is 0 Å². The second kappa shape index (κ2) is 11.3. The summed E-state index contributed by atoms with van der Waals surface area (Å²) in [5.74, 6) is -1.03. The summed E-state index contributed by atoms with van der Waals surface area (Å²) in [6.07, 6.45) is -1.48. The minimum Gasteiger partial charge on any atom is -0.494 e. The molecule has 2 saturated carbocycles. The van der Waals surface area contributed by atoms with Gasteiger partial charge >= 0.3 is 12.2 Å². The molecule has 2 aliphatic carbocycles. The van der Waals surface area contributed by atoms with E-state index in [0.717, 1.165) is 12.8 Å². The Balaban J connectivity index is 1.44. The first-order valence-electron chi connectivity index (χ1n) is 13.6. The van der Waals surface area contributed by atoms with E-state index < -0.39 is 34.9 Å². The minimum atomic E-state index is -3.53. The first-order chi connectivity index (χ1) is 20.7. The van der Waals surface area contributed by atoms with Crippen LogP contribution < -0.4 is 26.0 Å². The Bertz CT molecular complexity index is 1590. The van der Waals surface area contributed by atoms with Crippen molar-refractivity contribution in [1.82, 2.24) is 31.0 Å². The van der Waals surface area contributed by atoms with Gasteiger partial charge in [0.05, 0.1) is 24.0 Å². The first-order valence-corrected chi connectivity index (χ1v) is 13.6. The Kier molecular flexibility index (Phi) is 7.87. The Labute approximate surface area is 250 Å². The number of methoxy groups -OCH3 is 1. The van der Waals surface area contributed by atoms with Crippen molar-refractivity contribution in [3.05, 3.63) is 35.8 Å². The normalized spacial score (nSPS) is 15.6. The number of hydrogen-bond donors (Lipinski definition) is 7.